The van der Waals surface area contributed by atoms with Gasteiger partial charge in [-0.25, -0.2) is 14.2 Å². The molecular formula is C28H32F3N5O. The number of rotatable bonds is 4. The second-order valence-corrected chi connectivity index (χ2v) is 10.4. The first-order valence-electron chi connectivity index (χ1n) is 12.6. The van der Waals surface area contributed by atoms with E-state index in [1.807, 2.05) is 57.1 Å². The standard InChI is InChI=1S/C28H32F3N5O/c1-17(2)24-25-20-8-6-7-9-22(20)32-26(36(25)34(5)27(24)37)18-10-11-23(21(16-18)28(29,30)31)35-14-12-19(13-15-35)33(3)4/h6-11,16-17,19H,12-15H2,1-5H3. The van der Waals surface area contributed by atoms with Gasteiger partial charge in [-0.2, -0.15) is 13.2 Å². The average Bonchev–Trinajstić information content (AvgIpc) is 3.13. The lowest BCUT2D eigenvalue weighted by molar-refractivity contribution is -0.137. The lowest BCUT2D eigenvalue weighted by Crippen LogP contribution is -2.42. The second kappa shape index (κ2) is 9.20. The molecule has 0 unspecified atom stereocenters. The van der Waals surface area contributed by atoms with E-state index in [1.54, 1.807) is 23.7 Å². The first-order valence-corrected chi connectivity index (χ1v) is 12.6. The van der Waals surface area contributed by atoms with Crippen LogP contribution in [0, 0.1) is 0 Å². The summed E-state index contributed by atoms with van der Waals surface area (Å²) in [5.41, 5.74) is 1.59. The summed E-state index contributed by atoms with van der Waals surface area (Å²) < 4.78 is 46.3. The summed E-state index contributed by atoms with van der Waals surface area (Å²) in [6, 6.07) is 12.2. The number of benzene rings is 2. The highest BCUT2D eigenvalue weighted by molar-refractivity contribution is 5.96. The van der Waals surface area contributed by atoms with E-state index in [-0.39, 0.29) is 17.2 Å². The van der Waals surface area contributed by atoms with Crippen LogP contribution in [0.2, 0.25) is 0 Å². The quantitative estimate of drug-likeness (QED) is 0.362. The molecule has 5 rings (SSSR count). The average molecular weight is 512 g/mol. The molecule has 2 aromatic heterocycles. The van der Waals surface area contributed by atoms with Gasteiger partial charge in [-0.3, -0.25) is 4.79 Å². The summed E-state index contributed by atoms with van der Waals surface area (Å²) in [6.07, 6.45) is -2.92. The molecule has 37 heavy (non-hydrogen) atoms. The van der Waals surface area contributed by atoms with Crippen molar-refractivity contribution in [3.63, 3.8) is 0 Å². The van der Waals surface area contributed by atoms with Crippen molar-refractivity contribution in [2.45, 2.75) is 44.8 Å². The van der Waals surface area contributed by atoms with Gasteiger partial charge in [0.05, 0.1) is 16.6 Å². The topological polar surface area (TPSA) is 45.8 Å². The van der Waals surface area contributed by atoms with E-state index in [4.69, 9.17) is 4.98 Å². The minimum atomic E-state index is -4.54. The van der Waals surface area contributed by atoms with Crippen LogP contribution in [-0.2, 0) is 13.2 Å². The maximum Gasteiger partial charge on any atom is 0.418 e. The third kappa shape index (κ3) is 4.29. The Kier molecular flexibility index (Phi) is 6.30. The number of nitrogens with zero attached hydrogens (tertiary/aromatic N) is 5. The van der Waals surface area contributed by atoms with Gasteiger partial charge in [0.2, 0.25) is 0 Å². The van der Waals surface area contributed by atoms with Crippen molar-refractivity contribution in [2.75, 3.05) is 32.1 Å². The number of hydrogen-bond donors (Lipinski definition) is 0. The number of halogens is 3. The molecule has 0 bridgehead atoms. The van der Waals surface area contributed by atoms with Crippen LogP contribution in [0.15, 0.2) is 47.3 Å². The molecule has 1 aliphatic heterocycles. The van der Waals surface area contributed by atoms with Crippen LogP contribution in [0.1, 0.15) is 43.7 Å². The molecule has 1 saturated heterocycles. The molecule has 0 spiro atoms. The molecule has 0 radical (unpaired) electrons. The molecule has 2 aromatic carbocycles. The SMILES string of the molecule is CC(C)c1c(=O)n(C)n2c(-c3ccc(N4CCC(N(C)C)CC4)c(C(F)(F)F)c3)nc3ccccc3c12. The molecule has 4 aromatic rings. The van der Waals surface area contributed by atoms with Crippen LogP contribution in [0.3, 0.4) is 0 Å². The van der Waals surface area contributed by atoms with Crippen molar-refractivity contribution in [3.8, 4) is 11.4 Å². The van der Waals surface area contributed by atoms with Gasteiger partial charge in [0.1, 0.15) is 0 Å². The predicted molar refractivity (Wildman–Crippen MR) is 141 cm³/mol. The van der Waals surface area contributed by atoms with Crippen molar-refractivity contribution >= 4 is 22.1 Å². The minimum Gasteiger partial charge on any atom is -0.371 e. The Morgan fingerprint density at radius 3 is 2.35 bits per heavy atom. The summed E-state index contributed by atoms with van der Waals surface area (Å²) in [5, 5.41) is 0.795. The first-order chi connectivity index (χ1) is 17.5. The highest BCUT2D eigenvalue weighted by Gasteiger charge is 2.36. The molecule has 6 nitrogen and oxygen atoms in total. The van der Waals surface area contributed by atoms with E-state index in [0.29, 0.717) is 47.1 Å². The number of para-hydroxylation sites is 1. The molecule has 0 N–H and O–H groups in total. The van der Waals surface area contributed by atoms with E-state index >= 15 is 0 Å². The summed E-state index contributed by atoms with van der Waals surface area (Å²) in [6.45, 7) is 5.02. The Balaban J connectivity index is 1.72. The van der Waals surface area contributed by atoms with Crippen LogP contribution >= 0.6 is 0 Å². The third-order valence-electron chi connectivity index (χ3n) is 7.55. The number of aromatic nitrogens is 3. The van der Waals surface area contributed by atoms with Gasteiger partial charge in [0.25, 0.3) is 5.56 Å². The van der Waals surface area contributed by atoms with Crippen LogP contribution in [0.5, 0.6) is 0 Å². The van der Waals surface area contributed by atoms with E-state index < -0.39 is 11.7 Å². The van der Waals surface area contributed by atoms with Crippen LogP contribution in [0.25, 0.3) is 27.8 Å². The van der Waals surface area contributed by atoms with Gasteiger partial charge in [-0.15, -0.1) is 0 Å². The Hall–Kier alpha value is -3.33. The summed E-state index contributed by atoms with van der Waals surface area (Å²) in [5.74, 6) is 0.240. The van der Waals surface area contributed by atoms with Gasteiger partial charge in [0.15, 0.2) is 5.82 Å². The zero-order chi connectivity index (χ0) is 26.6. The van der Waals surface area contributed by atoms with Crippen molar-refractivity contribution in [1.29, 1.82) is 0 Å². The molecule has 9 heteroatoms. The fraction of sp³-hybridized carbons (Fsp3) is 0.429. The number of alkyl halides is 3. The van der Waals surface area contributed by atoms with Gasteiger partial charge >= 0.3 is 6.18 Å². The van der Waals surface area contributed by atoms with Crippen LogP contribution < -0.4 is 10.5 Å². The molecule has 0 aliphatic carbocycles. The highest BCUT2D eigenvalue weighted by atomic mass is 19.4. The molecule has 0 saturated carbocycles. The zero-order valence-electron chi connectivity index (χ0n) is 21.8. The normalized spacial score (nSPS) is 15.6. The van der Waals surface area contributed by atoms with Gasteiger partial charge in [-0.05, 0) is 57.1 Å². The van der Waals surface area contributed by atoms with Gasteiger partial charge in [0, 0.05) is 48.4 Å². The fourth-order valence-corrected chi connectivity index (χ4v) is 5.58. The van der Waals surface area contributed by atoms with E-state index in [9.17, 15) is 18.0 Å². The number of fused-ring (bicyclic) bond motifs is 3. The largest absolute Gasteiger partial charge is 0.418 e. The summed E-state index contributed by atoms with van der Waals surface area (Å²) >= 11 is 0. The number of aryl methyl sites for hydroxylation is 1. The molecule has 0 atom stereocenters. The Bertz CT molecular complexity index is 1530. The maximum atomic E-state index is 14.4. The smallest absolute Gasteiger partial charge is 0.371 e. The third-order valence-corrected chi connectivity index (χ3v) is 7.55. The predicted octanol–water partition coefficient (Wildman–Crippen LogP) is 5.53. The molecule has 196 valence electrons. The highest BCUT2D eigenvalue weighted by Crippen LogP contribution is 2.40. The molecule has 1 aliphatic rings. The van der Waals surface area contributed by atoms with Crippen LogP contribution in [0.4, 0.5) is 18.9 Å². The van der Waals surface area contributed by atoms with Crippen molar-refractivity contribution in [3.05, 3.63) is 63.9 Å². The first kappa shape index (κ1) is 25.3. The van der Waals surface area contributed by atoms with Crippen LogP contribution in [-0.4, -0.2) is 52.3 Å². The summed E-state index contributed by atoms with van der Waals surface area (Å²) in [4.78, 5) is 22.0. The van der Waals surface area contributed by atoms with Crippen molar-refractivity contribution in [1.82, 2.24) is 19.1 Å². The second-order valence-electron chi connectivity index (χ2n) is 10.4. The Morgan fingerprint density at radius 1 is 1.05 bits per heavy atom. The summed E-state index contributed by atoms with van der Waals surface area (Å²) in [7, 11) is 5.65. The van der Waals surface area contributed by atoms with Crippen molar-refractivity contribution < 1.29 is 13.2 Å². The molecule has 1 fully saturated rings. The number of anilines is 1. The Morgan fingerprint density at radius 2 is 1.73 bits per heavy atom. The zero-order valence-corrected chi connectivity index (χ0v) is 21.8. The monoisotopic (exact) mass is 511 g/mol. The maximum absolute atomic E-state index is 14.4. The number of hydrogen-bond acceptors (Lipinski definition) is 4. The lowest BCUT2D eigenvalue weighted by atomic mass is 10.00. The van der Waals surface area contributed by atoms with Gasteiger partial charge in [-0.1, -0.05) is 32.0 Å². The van der Waals surface area contributed by atoms with E-state index in [2.05, 4.69) is 4.90 Å². The fourth-order valence-electron chi connectivity index (χ4n) is 5.58. The van der Waals surface area contributed by atoms with E-state index in [1.165, 1.54) is 10.7 Å². The van der Waals surface area contributed by atoms with Gasteiger partial charge < -0.3 is 9.80 Å². The number of piperidine rings is 1. The minimum absolute atomic E-state index is 0.0689. The van der Waals surface area contributed by atoms with E-state index in [0.717, 1.165) is 18.2 Å². The molecule has 0 amide bonds. The Labute approximate surface area is 213 Å². The molecule has 3 heterocycles. The molecular weight excluding hydrogens is 479 g/mol. The van der Waals surface area contributed by atoms with Crippen molar-refractivity contribution in [2.24, 2.45) is 7.05 Å². The lowest BCUT2D eigenvalue weighted by Gasteiger charge is -2.37.